The summed E-state index contributed by atoms with van der Waals surface area (Å²) in [4.78, 5) is 0. The average Bonchev–Trinajstić information content (AvgIpc) is 2.49. The fourth-order valence-corrected chi connectivity index (χ4v) is 1.24. The van der Waals surface area contributed by atoms with Crippen LogP contribution in [0.5, 0.6) is 5.75 Å². The van der Waals surface area contributed by atoms with Crippen molar-refractivity contribution in [2.24, 2.45) is 0 Å². The highest BCUT2D eigenvalue weighted by molar-refractivity contribution is 5.83. The van der Waals surface area contributed by atoms with Crippen molar-refractivity contribution >= 4 is 10.9 Å². The Balaban J connectivity index is 2.74. The number of phenolic OH excluding ortho intramolecular Hbond substituents is 1. The first kappa shape index (κ1) is 7.16. The van der Waals surface area contributed by atoms with E-state index in [1.807, 2.05) is 29.9 Å². The molecule has 0 atom stereocenters. The van der Waals surface area contributed by atoms with Gasteiger partial charge < -0.3 is 5.11 Å². The van der Waals surface area contributed by atoms with Crippen molar-refractivity contribution in [3.63, 3.8) is 0 Å². The lowest BCUT2D eigenvalue weighted by Gasteiger charge is -1.90. The Morgan fingerprint density at radius 1 is 1.50 bits per heavy atom. The van der Waals surface area contributed by atoms with Gasteiger partial charge in [0.05, 0.1) is 0 Å². The highest BCUT2D eigenvalue weighted by atomic mass is 16.3. The molecule has 0 bridgehead atoms. The molecule has 0 aliphatic rings. The van der Waals surface area contributed by atoms with Crippen LogP contribution >= 0.6 is 0 Å². The SMILES string of the molecule is CCn1cc2cccc(O)c2n1. The number of nitrogens with zero attached hydrogens (tertiary/aromatic N) is 2. The molecule has 0 fully saturated rings. The van der Waals surface area contributed by atoms with E-state index >= 15 is 0 Å². The van der Waals surface area contributed by atoms with E-state index in [1.54, 1.807) is 6.07 Å². The van der Waals surface area contributed by atoms with E-state index in [1.165, 1.54) is 0 Å². The second kappa shape index (κ2) is 2.52. The second-order valence-electron chi connectivity index (χ2n) is 2.70. The number of benzene rings is 1. The highest BCUT2D eigenvalue weighted by Gasteiger charge is 2.02. The Morgan fingerprint density at radius 3 is 3.00 bits per heavy atom. The lowest BCUT2D eigenvalue weighted by Crippen LogP contribution is -1.92. The summed E-state index contributed by atoms with van der Waals surface area (Å²) in [6.45, 7) is 2.84. The van der Waals surface area contributed by atoms with Crippen molar-refractivity contribution in [1.82, 2.24) is 9.78 Å². The van der Waals surface area contributed by atoms with Crippen LogP contribution in [-0.2, 0) is 6.54 Å². The Bertz CT molecular complexity index is 406. The summed E-state index contributed by atoms with van der Waals surface area (Å²) >= 11 is 0. The van der Waals surface area contributed by atoms with Crippen molar-refractivity contribution < 1.29 is 5.11 Å². The Kier molecular flexibility index (Phi) is 1.50. The lowest BCUT2D eigenvalue weighted by atomic mass is 10.2. The molecule has 2 rings (SSSR count). The van der Waals surface area contributed by atoms with Gasteiger partial charge in [-0.05, 0) is 13.0 Å². The van der Waals surface area contributed by atoms with Crippen molar-refractivity contribution in [3.8, 4) is 5.75 Å². The van der Waals surface area contributed by atoms with Gasteiger partial charge in [-0.25, -0.2) is 0 Å². The number of aryl methyl sites for hydroxylation is 1. The first-order valence-electron chi connectivity index (χ1n) is 3.96. The number of hydrogen-bond acceptors (Lipinski definition) is 2. The van der Waals surface area contributed by atoms with Crippen LogP contribution in [0, 0.1) is 0 Å². The van der Waals surface area contributed by atoms with E-state index in [0.717, 1.165) is 11.9 Å². The molecule has 3 nitrogen and oxygen atoms in total. The average molecular weight is 162 g/mol. The van der Waals surface area contributed by atoms with E-state index in [4.69, 9.17) is 0 Å². The molecular formula is C9H10N2O. The molecule has 0 amide bonds. The van der Waals surface area contributed by atoms with Crippen molar-refractivity contribution in [3.05, 3.63) is 24.4 Å². The molecule has 0 radical (unpaired) electrons. The third-order valence-electron chi connectivity index (χ3n) is 1.89. The second-order valence-corrected chi connectivity index (χ2v) is 2.70. The molecule has 0 aliphatic carbocycles. The Labute approximate surface area is 70.2 Å². The van der Waals surface area contributed by atoms with Gasteiger partial charge in [0, 0.05) is 18.1 Å². The van der Waals surface area contributed by atoms with E-state index in [2.05, 4.69) is 5.10 Å². The van der Waals surface area contributed by atoms with Gasteiger partial charge in [0.1, 0.15) is 11.3 Å². The first-order chi connectivity index (χ1) is 5.81. The molecule has 1 N–H and O–H groups in total. The van der Waals surface area contributed by atoms with Crippen LogP contribution < -0.4 is 0 Å². The van der Waals surface area contributed by atoms with Crippen molar-refractivity contribution in [2.45, 2.75) is 13.5 Å². The molecule has 0 unspecified atom stereocenters. The standard InChI is InChI=1S/C9H10N2O/c1-2-11-6-7-4-3-5-8(12)9(7)10-11/h3-6,12H,2H2,1H3. The summed E-state index contributed by atoms with van der Waals surface area (Å²) in [6, 6.07) is 5.41. The Hall–Kier alpha value is -1.51. The van der Waals surface area contributed by atoms with Gasteiger partial charge >= 0.3 is 0 Å². The number of fused-ring (bicyclic) bond motifs is 1. The molecule has 62 valence electrons. The summed E-state index contributed by atoms with van der Waals surface area (Å²) < 4.78 is 1.81. The summed E-state index contributed by atoms with van der Waals surface area (Å²) in [6.07, 6.45) is 1.93. The molecular weight excluding hydrogens is 152 g/mol. The molecule has 12 heavy (non-hydrogen) atoms. The molecule has 2 aromatic rings. The normalized spacial score (nSPS) is 10.8. The van der Waals surface area contributed by atoms with Gasteiger partial charge in [-0.2, -0.15) is 5.10 Å². The fourth-order valence-electron chi connectivity index (χ4n) is 1.24. The molecule has 1 aromatic heterocycles. The van der Waals surface area contributed by atoms with Crippen LogP contribution in [0.4, 0.5) is 0 Å². The third kappa shape index (κ3) is 0.942. The van der Waals surface area contributed by atoms with Gasteiger partial charge in [-0.1, -0.05) is 12.1 Å². The van der Waals surface area contributed by atoms with Crippen LogP contribution in [0.1, 0.15) is 6.92 Å². The number of phenols is 1. The third-order valence-corrected chi connectivity index (χ3v) is 1.89. The van der Waals surface area contributed by atoms with Crippen LogP contribution in [-0.4, -0.2) is 14.9 Å². The topological polar surface area (TPSA) is 38.0 Å². The summed E-state index contributed by atoms with van der Waals surface area (Å²) in [7, 11) is 0. The number of rotatable bonds is 1. The van der Waals surface area contributed by atoms with Gasteiger partial charge in [-0.15, -0.1) is 0 Å². The van der Waals surface area contributed by atoms with E-state index < -0.39 is 0 Å². The molecule has 1 aromatic carbocycles. The molecule has 0 saturated heterocycles. The van der Waals surface area contributed by atoms with Gasteiger partial charge in [-0.3, -0.25) is 4.68 Å². The predicted molar refractivity (Wildman–Crippen MR) is 47.1 cm³/mol. The summed E-state index contributed by atoms with van der Waals surface area (Å²) in [5.74, 6) is 0.250. The lowest BCUT2D eigenvalue weighted by molar-refractivity contribution is 0.479. The van der Waals surface area contributed by atoms with E-state index in [9.17, 15) is 5.11 Å². The summed E-state index contributed by atoms with van der Waals surface area (Å²) in [5.41, 5.74) is 0.680. The molecule has 3 heteroatoms. The number of hydrogen-bond donors (Lipinski definition) is 1. The minimum absolute atomic E-state index is 0.250. The predicted octanol–water partition coefficient (Wildman–Crippen LogP) is 1.76. The van der Waals surface area contributed by atoms with Crippen molar-refractivity contribution in [1.29, 1.82) is 0 Å². The smallest absolute Gasteiger partial charge is 0.143 e. The molecule has 0 saturated carbocycles. The zero-order valence-electron chi connectivity index (χ0n) is 6.86. The number of aromatic hydroxyl groups is 1. The fraction of sp³-hybridized carbons (Fsp3) is 0.222. The van der Waals surface area contributed by atoms with Gasteiger partial charge in [0.15, 0.2) is 0 Å². The van der Waals surface area contributed by atoms with Crippen molar-refractivity contribution in [2.75, 3.05) is 0 Å². The molecule has 0 spiro atoms. The van der Waals surface area contributed by atoms with E-state index in [0.29, 0.717) is 5.52 Å². The number of aromatic nitrogens is 2. The zero-order valence-corrected chi connectivity index (χ0v) is 6.86. The maximum absolute atomic E-state index is 9.40. The zero-order chi connectivity index (χ0) is 8.55. The van der Waals surface area contributed by atoms with Crippen LogP contribution in [0.3, 0.4) is 0 Å². The van der Waals surface area contributed by atoms with Crippen LogP contribution in [0.15, 0.2) is 24.4 Å². The quantitative estimate of drug-likeness (QED) is 0.693. The largest absolute Gasteiger partial charge is 0.506 e. The van der Waals surface area contributed by atoms with E-state index in [-0.39, 0.29) is 5.75 Å². The summed E-state index contributed by atoms with van der Waals surface area (Å²) in [5, 5.41) is 14.6. The van der Waals surface area contributed by atoms with Gasteiger partial charge in [0.25, 0.3) is 0 Å². The van der Waals surface area contributed by atoms with Gasteiger partial charge in [0.2, 0.25) is 0 Å². The van der Waals surface area contributed by atoms with Crippen LogP contribution in [0.25, 0.3) is 10.9 Å². The maximum Gasteiger partial charge on any atom is 0.143 e. The maximum atomic E-state index is 9.40. The molecule has 1 heterocycles. The monoisotopic (exact) mass is 162 g/mol. The molecule has 0 aliphatic heterocycles. The minimum atomic E-state index is 0.250. The van der Waals surface area contributed by atoms with Crippen LogP contribution in [0.2, 0.25) is 0 Å². The first-order valence-corrected chi connectivity index (χ1v) is 3.96. The minimum Gasteiger partial charge on any atom is -0.506 e. The Morgan fingerprint density at radius 2 is 2.33 bits per heavy atom. The highest BCUT2D eigenvalue weighted by Crippen LogP contribution is 2.21.